The molecule has 0 atom stereocenters. The molecule has 2 N–H and O–H groups in total. The first-order chi connectivity index (χ1) is 16.6. The predicted octanol–water partition coefficient (Wildman–Crippen LogP) is 4.52. The third-order valence-corrected chi connectivity index (χ3v) is 5.30. The van der Waals surface area contributed by atoms with Crippen LogP contribution in [0.5, 0.6) is 5.75 Å². The molecule has 0 unspecified atom stereocenters. The van der Waals surface area contributed by atoms with Crippen molar-refractivity contribution in [1.82, 2.24) is 19.9 Å². The van der Waals surface area contributed by atoms with Crippen molar-refractivity contribution in [3.63, 3.8) is 0 Å². The van der Waals surface area contributed by atoms with E-state index < -0.39 is 0 Å². The number of nitrogens with one attached hydrogen (secondary N) is 2. The second kappa shape index (κ2) is 12.3. The van der Waals surface area contributed by atoms with Gasteiger partial charge in [-0.3, -0.25) is 14.6 Å². The Morgan fingerprint density at radius 3 is 2.65 bits per heavy atom. The number of nitrogens with zero attached hydrogens (tertiary/aromatic N) is 3. The van der Waals surface area contributed by atoms with Gasteiger partial charge >= 0.3 is 0 Å². The normalized spacial score (nSPS) is 10.1. The fourth-order valence-corrected chi connectivity index (χ4v) is 3.65. The van der Waals surface area contributed by atoms with Crippen molar-refractivity contribution in [2.24, 2.45) is 7.05 Å². The van der Waals surface area contributed by atoms with Crippen LogP contribution in [0, 0.1) is 0 Å². The third-order valence-electron chi connectivity index (χ3n) is 4.54. The van der Waals surface area contributed by atoms with E-state index in [1.54, 1.807) is 35.4 Å². The highest BCUT2D eigenvalue weighted by atomic mass is 32.1. The van der Waals surface area contributed by atoms with Crippen molar-refractivity contribution >= 4 is 28.3 Å². The van der Waals surface area contributed by atoms with Crippen molar-refractivity contribution in [3.8, 4) is 17.0 Å². The van der Waals surface area contributed by atoms with E-state index in [1.807, 2.05) is 62.7 Å². The summed E-state index contributed by atoms with van der Waals surface area (Å²) in [6.07, 6.45) is 6.92. The number of hydrogen-bond donors (Lipinski definition) is 2. The number of rotatable bonds is 8. The monoisotopic (exact) mass is 477 g/mol. The highest BCUT2D eigenvalue weighted by Gasteiger charge is 2.12. The zero-order chi connectivity index (χ0) is 24.3. The average Bonchev–Trinajstić information content (AvgIpc) is 3.52. The minimum absolute atomic E-state index is 0.138. The van der Waals surface area contributed by atoms with Gasteiger partial charge in [-0.25, -0.2) is 4.98 Å². The number of benzene rings is 1. The number of ether oxygens (including phenoxy) is 1. The Morgan fingerprint density at radius 1 is 1.12 bits per heavy atom. The Hall–Kier alpha value is -3.98. The molecule has 2 amide bonds. The average molecular weight is 478 g/mol. The van der Waals surface area contributed by atoms with E-state index in [4.69, 9.17) is 4.74 Å². The molecule has 4 rings (SSSR count). The summed E-state index contributed by atoms with van der Waals surface area (Å²) in [5.74, 6) is 0.0790. The molecule has 4 aromatic rings. The van der Waals surface area contributed by atoms with Gasteiger partial charge in [0.15, 0.2) is 5.13 Å². The number of aromatic nitrogens is 3. The molecular weight excluding hydrogens is 450 g/mol. The Bertz CT molecular complexity index is 1220. The van der Waals surface area contributed by atoms with Crippen molar-refractivity contribution in [3.05, 3.63) is 83.8 Å². The number of anilines is 1. The second-order valence-corrected chi connectivity index (χ2v) is 7.86. The molecule has 8 nitrogen and oxygen atoms in total. The summed E-state index contributed by atoms with van der Waals surface area (Å²) in [5.41, 5.74) is 3.14. The highest BCUT2D eigenvalue weighted by Crippen LogP contribution is 2.27. The van der Waals surface area contributed by atoms with Crippen molar-refractivity contribution in [1.29, 1.82) is 0 Å². The lowest BCUT2D eigenvalue weighted by atomic mass is 10.1. The van der Waals surface area contributed by atoms with Crippen LogP contribution in [-0.4, -0.2) is 32.9 Å². The van der Waals surface area contributed by atoms with Gasteiger partial charge < -0.3 is 19.9 Å². The Kier molecular flexibility index (Phi) is 8.93. The molecule has 34 heavy (non-hydrogen) atoms. The summed E-state index contributed by atoms with van der Waals surface area (Å²) in [6, 6.07) is 13.1. The molecule has 0 saturated carbocycles. The number of carbonyl (C=O) groups is 2. The number of carbonyl (C=O) groups excluding carboxylic acids is 2. The molecule has 0 radical (unpaired) electrons. The molecular formula is C25H27N5O3S. The Balaban J connectivity index is 0.00000158. The summed E-state index contributed by atoms with van der Waals surface area (Å²) >= 11 is 1.32. The van der Waals surface area contributed by atoms with Crippen LogP contribution in [-0.2, 0) is 18.4 Å². The minimum atomic E-state index is -0.343. The van der Waals surface area contributed by atoms with Gasteiger partial charge in [0.05, 0.1) is 17.8 Å². The topological polar surface area (TPSA) is 98.1 Å². The first-order valence-corrected chi connectivity index (χ1v) is 11.7. The van der Waals surface area contributed by atoms with E-state index in [9.17, 15) is 9.59 Å². The van der Waals surface area contributed by atoms with Crippen molar-refractivity contribution in [2.45, 2.75) is 20.5 Å². The van der Waals surface area contributed by atoms with Gasteiger partial charge in [0.2, 0.25) is 5.91 Å². The smallest absolute Gasteiger partial charge is 0.253 e. The lowest BCUT2D eigenvalue weighted by molar-refractivity contribution is -0.115. The van der Waals surface area contributed by atoms with Gasteiger partial charge in [0.1, 0.15) is 12.4 Å². The molecule has 0 saturated heterocycles. The molecule has 0 aliphatic rings. The summed E-state index contributed by atoms with van der Waals surface area (Å²) < 4.78 is 7.62. The summed E-state index contributed by atoms with van der Waals surface area (Å²) in [6.45, 7) is 4.31. The maximum atomic E-state index is 12.2. The minimum Gasteiger partial charge on any atom is -0.489 e. The fourth-order valence-electron chi connectivity index (χ4n) is 2.92. The maximum Gasteiger partial charge on any atom is 0.253 e. The van der Waals surface area contributed by atoms with Gasteiger partial charge in [-0.2, -0.15) is 0 Å². The number of hydrogen-bond acceptors (Lipinski definition) is 6. The molecule has 9 heteroatoms. The van der Waals surface area contributed by atoms with Crippen LogP contribution in [0.3, 0.4) is 0 Å². The van der Waals surface area contributed by atoms with E-state index >= 15 is 0 Å². The van der Waals surface area contributed by atoms with E-state index in [2.05, 4.69) is 20.6 Å². The third kappa shape index (κ3) is 7.01. The van der Waals surface area contributed by atoms with Gasteiger partial charge in [-0.15, -0.1) is 11.3 Å². The zero-order valence-corrected chi connectivity index (χ0v) is 20.1. The van der Waals surface area contributed by atoms with Crippen molar-refractivity contribution < 1.29 is 14.3 Å². The largest absolute Gasteiger partial charge is 0.489 e. The molecule has 0 fully saturated rings. The molecule has 0 spiro atoms. The fraction of sp³-hybridized carbons (Fsp3) is 0.200. The zero-order valence-electron chi connectivity index (χ0n) is 19.3. The number of thiazole rings is 1. The highest BCUT2D eigenvalue weighted by molar-refractivity contribution is 7.14. The number of aryl methyl sites for hydroxylation is 1. The number of amides is 2. The van der Waals surface area contributed by atoms with Crippen LogP contribution in [0.4, 0.5) is 5.13 Å². The van der Waals surface area contributed by atoms with Gasteiger partial charge in [0.25, 0.3) is 5.91 Å². The van der Waals surface area contributed by atoms with Gasteiger partial charge in [-0.05, 0) is 35.9 Å². The maximum absolute atomic E-state index is 12.2. The van der Waals surface area contributed by atoms with Gasteiger partial charge in [0, 0.05) is 42.8 Å². The van der Waals surface area contributed by atoms with Crippen LogP contribution >= 0.6 is 11.3 Å². The van der Waals surface area contributed by atoms with Crippen molar-refractivity contribution in [2.75, 3.05) is 11.9 Å². The predicted molar refractivity (Wildman–Crippen MR) is 134 cm³/mol. The molecule has 0 aliphatic carbocycles. The quantitative estimate of drug-likeness (QED) is 0.389. The van der Waals surface area contributed by atoms with Crippen LogP contribution in [0.1, 0.15) is 29.8 Å². The van der Waals surface area contributed by atoms with Crippen LogP contribution < -0.4 is 15.4 Å². The van der Waals surface area contributed by atoms with E-state index in [0.717, 1.165) is 22.6 Å². The first-order valence-electron chi connectivity index (χ1n) is 10.8. The van der Waals surface area contributed by atoms with E-state index in [0.29, 0.717) is 17.3 Å². The Labute approximate surface area is 202 Å². The lowest BCUT2D eigenvalue weighted by Gasteiger charge is -2.07. The summed E-state index contributed by atoms with van der Waals surface area (Å²) in [4.78, 5) is 32.7. The van der Waals surface area contributed by atoms with Crippen LogP contribution in [0.15, 0.2) is 72.6 Å². The van der Waals surface area contributed by atoms with Crippen LogP contribution in [0.25, 0.3) is 11.3 Å². The number of pyridine rings is 1. The van der Waals surface area contributed by atoms with Crippen LogP contribution in [0.2, 0.25) is 0 Å². The standard InChI is InChI=1S/C23H21N5O3S.C2H6/c1-28-10-7-18(13-28)22(30)25-12-21(29)27-23-26-20(15-32-23)17-3-2-4-19(11-17)31-14-16-5-8-24-9-6-16;1-2/h2-11,13,15H,12,14H2,1H3,(H,25,30)(H,26,27,29);1-2H3. The molecule has 0 bridgehead atoms. The first kappa shape index (κ1) is 24.7. The molecule has 0 aliphatic heterocycles. The molecule has 176 valence electrons. The molecule has 3 heterocycles. The van der Waals surface area contributed by atoms with E-state index in [1.165, 1.54) is 11.3 Å². The summed E-state index contributed by atoms with van der Waals surface area (Å²) in [7, 11) is 1.83. The Morgan fingerprint density at radius 2 is 1.91 bits per heavy atom. The summed E-state index contributed by atoms with van der Waals surface area (Å²) in [5, 5.41) is 7.64. The van der Waals surface area contributed by atoms with Gasteiger partial charge in [-0.1, -0.05) is 26.0 Å². The van der Waals surface area contributed by atoms with E-state index in [-0.39, 0.29) is 18.4 Å². The second-order valence-electron chi connectivity index (χ2n) is 7.01. The molecule has 1 aromatic carbocycles. The SMILES string of the molecule is CC.Cn1ccc(C(=O)NCC(=O)Nc2nc(-c3cccc(OCc4ccncc4)c3)cs2)c1. The lowest BCUT2D eigenvalue weighted by Crippen LogP contribution is -2.32. The molecule has 3 aromatic heterocycles.